The van der Waals surface area contributed by atoms with Crippen LogP contribution in [0.3, 0.4) is 0 Å². The number of ether oxygens (including phenoxy) is 2. The van der Waals surface area contributed by atoms with Crippen LogP contribution < -0.4 is 14.4 Å². The maximum absolute atomic E-state index is 13.2. The first-order chi connectivity index (χ1) is 17.4. The topological polar surface area (TPSA) is 102 Å². The number of Topliss-reactive ketones (excluding diaryl/α,β-unsaturated/α-hetero) is 1. The number of benzene rings is 2. The number of anilines is 1. The van der Waals surface area contributed by atoms with Crippen LogP contribution in [-0.4, -0.2) is 35.2 Å². The van der Waals surface area contributed by atoms with Crippen molar-refractivity contribution in [1.29, 1.82) is 0 Å². The van der Waals surface area contributed by atoms with Gasteiger partial charge in [0.2, 0.25) is 0 Å². The molecule has 1 fully saturated rings. The summed E-state index contributed by atoms with van der Waals surface area (Å²) < 4.78 is 16.5. The number of aliphatic hydroxyl groups excluding tert-OH is 1. The van der Waals surface area contributed by atoms with Gasteiger partial charge in [-0.2, -0.15) is 0 Å². The second-order valence-corrected chi connectivity index (χ2v) is 8.55. The lowest BCUT2D eigenvalue weighted by molar-refractivity contribution is -0.132. The standard InChI is InChI=1S/C28H30N2O6/c1-4-6-7-16-35-22-12-8-19(9-13-22)25-24(26(31)20-10-14-21(15-11-20)34-5-2)27(32)28(33)30(25)23-17-18(3)36-29-23/h8-15,17,25,31H,4-7,16H2,1-3H3/b26-24+. The molecule has 1 aromatic heterocycles. The fourth-order valence-corrected chi connectivity index (χ4v) is 4.17. The fourth-order valence-electron chi connectivity index (χ4n) is 4.17. The van der Waals surface area contributed by atoms with Crippen molar-refractivity contribution in [3.05, 3.63) is 77.1 Å². The van der Waals surface area contributed by atoms with E-state index in [1.807, 2.05) is 6.92 Å². The molecule has 36 heavy (non-hydrogen) atoms. The van der Waals surface area contributed by atoms with Crippen molar-refractivity contribution in [2.75, 3.05) is 18.1 Å². The van der Waals surface area contributed by atoms with Gasteiger partial charge in [0.05, 0.1) is 24.8 Å². The molecule has 1 N–H and O–H groups in total. The molecule has 0 radical (unpaired) electrons. The van der Waals surface area contributed by atoms with Gasteiger partial charge in [0.1, 0.15) is 23.0 Å². The van der Waals surface area contributed by atoms with E-state index in [0.717, 1.165) is 19.3 Å². The van der Waals surface area contributed by atoms with Crippen LogP contribution in [0.5, 0.6) is 11.5 Å². The van der Waals surface area contributed by atoms with Crippen LogP contribution in [-0.2, 0) is 9.59 Å². The molecule has 1 amide bonds. The van der Waals surface area contributed by atoms with E-state index < -0.39 is 17.7 Å². The summed E-state index contributed by atoms with van der Waals surface area (Å²) >= 11 is 0. The van der Waals surface area contributed by atoms with Gasteiger partial charge in [-0.05, 0) is 62.2 Å². The van der Waals surface area contributed by atoms with Crippen molar-refractivity contribution < 1.29 is 28.7 Å². The number of carbonyl (C=O) groups excluding carboxylic acids is 2. The number of carbonyl (C=O) groups is 2. The first-order valence-corrected chi connectivity index (χ1v) is 12.1. The minimum atomic E-state index is -0.893. The molecular formula is C28H30N2O6. The SMILES string of the molecule is CCCCCOc1ccc(C2/C(=C(\O)c3ccc(OCC)cc3)C(=O)C(=O)N2c2cc(C)on2)cc1. The monoisotopic (exact) mass is 490 g/mol. The highest BCUT2D eigenvalue weighted by Gasteiger charge is 2.48. The van der Waals surface area contributed by atoms with Crippen LogP contribution in [0, 0.1) is 6.92 Å². The molecule has 0 aliphatic carbocycles. The fraction of sp³-hybridized carbons (Fsp3) is 0.321. The van der Waals surface area contributed by atoms with E-state index in [0.29, 0.717) is 41.6 Å². The largest absolute Gasteiger partial charge is 0.507 e. The Morgan fingerprint density at radius 2 is 1.67 bits per heavy atom. The summed E-state index contributed by atoms with van der Waals surface area (Å²) in [7, 11) is 0. The number of aryl methyl sites for hydroxylation is 1. The van der Waals surface area contributed by atoms with Crippen molar-refractivity contribution in [2.45, 2.75) is 46.1 Å². The third-order valence-electron chi connectivity index (χ3n) is 5.96. The van der Waals surface area contributed by atoms with Gasteiger partial charge >= 0.3 is 5.91 Å². The van der Waals surface area contributed by atoms with Gasteiger partial charge in [-0.3, -0.25) is 14.5 Å². The molecule has 8 heteroatoms. The normalized spacial score (nSPS) is 17.0. The first-order valence-electron chi connectivity index (χ1n) is 12.1. The zero-order chi connectivity index (χ0) is 25.7. The number of nitrogens with zero attached hydrogens (tertiary/aromatic N) is 2. The number of unbranched alkanes of at least 4 members (excludes halogenated alkanes) is 2. The Balaban J connectivity index is 1.74. The molecule has 8 nitrogen and oxygen atoms in total. The van der Waals surface area contributed by atoms with E-state index >= 15 is 0 Å². The molecule has 1 aliphatic heterocycles. The maximum Gasteiger partial charge on any atom is 0.301 e. The van der Waals surface area contributed by atoms with Crippen LogP contribution in [0.4, 0.5) is 5.82 Å². The second-order valence-electron chi connectivity index (χ2n) is 8.55. The number of amides is 1. The first kappa shape index (κ1) is 25.0. The smallest absolute Gasteiger partial charge is 0.301 e. The van der Waals surface area contributed by atoms with Crippen molar-refractivity contribution in [3.8, 4) is 11.5 Å². The molecule has 1 unspecified atom stereocenters. The van der Waals surface area contributed by atoms with Gasteiger partial charge in [0.15, 0.2) is 5.82 Å². The van der Waals surface area contributed by atoms with Crippen LogP contribution in [0.1, 0.15) is 56.0 Å². The molecule has 4 rings (SSSR count). The van der Waals surface area contributed by atoms with Crippen molar-refractivity contribution >= 4 is 23.3 Å². The number of ketones is 1. The van der Waals surface area contributed by atoms with Gasteiger partial charge < -0.3 is 19.1 Å². The van der Waals surface area contributed by atoms with E-state index in [1.165, 1.54) is 4.90 Å². The summed E-state index contributed by atoms with van der Waals surface area (Å²) in [6, 6.07) is 14.6. The molecule has 2 heterocycles. The molecule has 0 saturated carbocycles. The van der Waals surface area contributed by atoms with Gasteiger partial charge in [0, 0.05) is 11.6 Å². The molecule has 1 aliphatic rings. The Labute approximate surface area is 210 Å². The minimum Gasteiger partial charge on any atom is -0.507 e. The number of hydrogen-bond acceptors (Lipinski definition) is 7. The third kappa shape index (κ3) is 5.12. The van der Waals surface area contributed by atoms with Crippen LogP contribution in [0.2, 0.25) is 0 Å². The number of rotatable bonds is 10. The molecule has 0 bridgehead atoms. The Morgan fingerprint density at radius 3 is 2.28 bits per heavy atom. The number of aromatic nitrogens is 1. The van der Waals surface area contributed by atoms with E-state index in [9.17, 15) is 14.7 Å². The Hall–Kier alpha value is -4.07. The lowest BCUT2D eigenvalue weighted by atomic mass is 9.95. The quantitative estimate of drug-likeness (QED) is 0.171. The minimum absolute atomic E-state index is 0.0265. The summed E-state index contributed by atoms with van der Waals surface area (Å²) in [4.78, 5) is 27.6. The van der Waals surface area contributed by atoms with Gasteiger partial charge in [0.25, 0.3) is 5.78 Å². The summed E-state index contributed by atoms with van der Waals surface area (Å²) in [6.07, 6.45) is 3.16. The Morgan fingerprint density at radius 1 is 1.00 bits per heavy atom. The third-order valence-corrected chi connectivity index (χ3v) is 5.96. The maximum atomic E-state index is 13.2. The van der Waals surface area contributed by atoms with Gasteiger partial charge in [-0.15, -0.1) is 0 Å². The number of aliphatic hydroxyl groups is 1. The van der Waals surface area contributed by atoms with Crippen LogP contribution in [0.15, 0.2) is 64.7 Å². The summed E-state index contributed by atoms with van der Waals surface area (Å²) in [5.74, 6) is 0.157. The van der Waals surface area contributed by atoms with Gasteiger partial charge in [-0.25, -0.2) is 0 Å². The highest BCUT2D eigenvalue weighted by molar-refractivity contribution is 6.51. The zero-order valence-electron chi connectivity index (χ0n) is 20.7. The van der Waals surface area contributed by atoms with Crippen LogP contribution in [0.25, 0.3) is 5.76 Å². The summed E-state index contributed by atoms with van der Waals surface area (Å²) in [5.41, 5.74) is 0.998. The lowest BCUT2D eigenvalue weighted by Gasteiger charge is -2.23. The summed E-state index contributed by atoms with van der Waals surface area (Å²) in [6.45, 7) is 6.83. The van der Waals surface area contributed by atoms with E-state index in [1.54, 1.807) is 61.5 Å². The average Bonchev–Trinajstić information content (AvgIpc) is 3.43. The molecule has 188 valence electrons. The zero-order valence-corrected chi connectivity index (χ0v) is 20.7. The van der Waals surface area contributed by atoms with E-state index in [4.69, 9.17) is 14.0 Å². The lowest BCUT2D eigenvalue weighted by Crippen LogP contribution is -2.29. The molecule has 0 spiro atoms. The Bertz CT molecular complexity index is 1240. The van der Waals surface area contributed by atoms with E-state index in [2.05, 4.69) is 12.1 Å². The molecule has 1 saturated heterocycles. The molecular weight excluding hydrogens is 460 g/mol. The highest BCUT2D eigenvalue weighted by Crippen LogP contribution is 2.42. The average molecular weight is 491 g/mol. The predicted molar refractivity (Wildman–Crippen MR) is 135 cm³/mol. The summed E-state index contributed by atoms with van der Waals surface area (Å²) in [5, 5.41) is 15.2. The van der Waals surface area contributed by atoms with Crippen molar-refractivity contribution in [3.63, 3.8) is 0 Å². The molecule has 2 aromatic carbocycles. The van der Waals surface area contributed by atoms with E-state index in [-0.39, 0.29) is 17.2 Å². The van der Waals surface area contributed by atoms with Crippen molar-refractivity contribution in [2.24, 2.45) is 0 Å². The molecule has 3 aromatic rings. The van der Waals surface area contributed by atoms with Crippen molar-refractivity contribution in [1.82, 2.24) is 5.16 Å². The second kappa shape index (κ2) is 11.1. The predicted octanol–water partition coefficient (Wildman–Crippen LogP) is 5.58. The highest BCUT2D eigenvalue weighted by atomic mass is 16.5. The number of hydrogen-bond donors (Lipinski definition) is 1. The van der Waals surface area contributed by atoms with Gasteiger partial charge in [-0.1, -0.05) is 37.1 Å². The molecule has 1 atom stereocenters. The van der Waals surface area contributed by atoms with Crippen LogP contribution >= 0.6 is 0 Å². The Kier molecular flexibility index (Phi) is 7.73.